The average Bonchev–Trinajstić information content (AvgIpc) is 2.78. The van der Waals surface area contributed by atoms with Crippen LogP contribution in [0.2, 0.25) is 0 Å². The van der Waals surface area contributed by atoms with Gasteiger partial charge in [0.15, 0.2) is 0 Å². The number of hydrogen-bond donors (Lipinski definition) is 1. The minimum atomic E-state index is 0.543. The highest BCUT2D eigenvalue weighted by Gasteiger charge is 2.10. The van der Waals surface area contributed by atoms with E-state index >= 15 is 0 Å². The van der Waals surface area contributed by atoms with Crippen molar-refractivity contribution < 1.29 is 0 Å². The van der Waals surface area contributed by atoms with Crippen molar-refractivity contribution in [1.29, 1.82) is 0 Å². The van der Waals surface area contributed by atoms with Crippen LogP contribution in [-0.4, -0.2) is 15.8 Å². The molecule has 0 aliphatic carbocycles. The van der Waals surface area contributed by atoms with Crippen LogP contribution in [0.5, 0.6) is 0 Å². The van der Waals surface area contributed by atoms with Crippen LogP contribution in [0.4, 0.5) is 0 Å². The number of rotatable bonds is 5. The van der Waals surface area contributed by atoms with Gasteiger partial charge in [-0.3, -0.25) is 0 Å². The van der Waals surface area contributed by atoms with E-state index in [1.165, 1.54) is 16.8 Å². The lowest BCUT2D eigenvalue weighted by molar-refractivity contribution is 0.533. The van der Waals surface area contributed by atoms with Gasteiger partial charge in [-0.1, -0.05) is 25.1 Å². The highest BCUT2D eigenvalue weighted by atomic mass is 15.3. The van der Waals surface area contributed by atoms with E-state index in [1.54, 1.807) is 0 Å². The standard InChI is InChI=1S/C16H23N3/c1-5-13(3)17-10-15-11-18-19(14(15)4)16-9-7-6-8-12(16)2/h6-9,11,13,17H,5,10H2,1-4H3. The summed E-state index contributed by atoms with van der Waals surface area (Å²) in [6, 6.07) is 8.89. The molecule has 0 spiro atoms. The third kappa shape index (κ3) is 3.04. The van der Waals surface area contributed by atoms with Gasteiger partial charge in [0.05, 0.1) is 11.9 Å². The first-order valence-corrected chi connectivity index (χ1v) is 6.96. The zero-order valence-corrected chi connectivity index (χ0v) is 12.3. The first-order valence-electron chi connectivity index (χ1n) is 6.96. The molecule has 1 aromatic carbocycles. The van der Waals surface area contributed by atoms with Crippen molar-refractivity contribution in [3.05, 3.63) is 47.3 Å². The molecule has 1 heterocycles. The van der Waals surface area contributed by atoms with Crippen LogP contribution in [-0.2, 0) is 6.54 Å². The monoisotopic (exact) mass is 257 g/mol. The summed E-state index contributed by atoms with van der Waals surface area (Å²) in [5.74, 6) is 0. The molecule has 1 atom stereocenters. The number of nitrogens with zero attached hydrogens (tertiary/aromatic N) is 2. The fraction of sp³-hybridized carbons (Fsp3) is 0.438. The molecule has 0 amide bonds. The summed E-state index contributed by atoms with van der Waals surface area (Å²) in [6.45, 7) is 9.54. The van der Waals surface area contributed by atoms with E-state index < -0.39 is 0 Å². The number of benzene rings is 1. The molecule has 0 aliphatic heterocycles. The molecule has 0 aliphatic rings. The van der Waals surface area contributed by atoms with Crippen LogP contribution in [0.3, 0.4) is 0 Å². The quantitative estimate of drug-likeness (QED) is 0.890. The summed E-state index contributed by atoms with van der Waals surface area (Å²) in [7, 11) is 0. The zero-order valence-electron chi connectivity index (χ0n) is 12.3. The van der Waals surface area contributed by atoms with Gasteiger partial charge < -0.3 is 5.32 Å². The Hall–Kier alpha value is -1.61. The molecule has 2 aromatic rings. The Balaban J connectivity index is 2.21. The minimum Gasteiger partial charge on any atom is -0.310 e. The molecule has 0 saturated carbocycles. The second kappa shape index (κ2) is 6.02. The van der Waals surface area contributed by atoms with E-state index in [4.69, 9.17) is 0 Å². The van der Waals surface area contributed by atoms with Gasteiger partial charge in [0.25, 0.3) is 0 Å². The molecule has 3 heteroatoms. The Morgan fingerprint density at radius 1 is 1.26 bits per heavy atom. The number of nitrogens with one attached hydrogen (secondary N) is 1. The third-order valence-electron chi connectivity index (χ3n) is 3.71. The Morgan fingerprint density at radius 2 is 2.00 bits per heavy atom. The predicted molar refractivity (Wildman–Crippen MR) is 79.6 cm³/mol. The summed E-state index contributed by atoms with van der Waals surface area (Å²) in [6.07, 6.45) is 3.11. The van der Waals surface area contributed by atoms with Gasteiger partial charge in [0, 0.05) is 23.8 Å². The van der Waals surface area contributed by atoms with Crippen LogP contribution < -0.4 is 5.32 Å². The second-order valence-electron chi connectivity index (χ2n) is 5.14. The van der Waals surface area contributed by atoms with E-state index in [-0.39, 0.29) is 0 Å². The maximum atomic E-state index is 4.53. The third-order valence-corrected chi connectivity index (χ3v) is 3.71. The maximum absolute atomic E-state index is 4.53. The van der Waals surface area contributed by atoms with E-state index in [0.29, 0.717) is 6.04 Å². The largest absolute Gasteiger partial charge is 0.310 e. The van der Waals surface area contributed by atoms with E-state index in [2.05, 4.69) is 62.4 Å². The predicted octanol–water partition coefficient (Wildman–Crippen LogP) is 3.38. The van der Waals surface area contributed by atoms with Crippen molar-refractivity contribution in [3.8, 4) is 5.69 Å². The highest BCUT2D eigenvalue weighted by Crippen LogP contribution is 2.17. The fourth-order valence-corrected chi connectivity index (χ4v) is 2.09. The van der Waals surface area contributed by atoms with Gasteiger partial charge in [0.2, 0.25) is 0 Å². The molecular weight excluding hydrogens is 234 g/mol. The van der Waals surface area contributed by atoms with Crippen LogP contribution in [0.1, 0.15) is 37.1 Å². The fourth-order valence-electron chi connectivity index (χ4n) is 2.09. The number of aryl methyl sites for hydroxylation is 1. The van der Waals surface area contributed by atoms with E-state index in [1.807, 2.05) is 10.9 Å². The highest BCUT2D eigenvalue weighted by molar-refractivity contribution is 5.41. The number of hydrogen-bond acceptors (Lipinski definition) is 2. The molecule has 19 heavy (non-hydrogen) atoms. The molecule has 1 unspecified atom stereocenters. The molecule has 0 radical (unpaired) electrons. The Kier molecular flexibility index (Phi) is 4.38. The van der Waals surface area contributed by atoms with Crippen LogP contribution in [0, 0.1) is 13.8 Å². The summed E-state index contributed by atoms with van der Waals surface area (Å²) in [5.41, 5.74) is 4.89. The number of para-hydroxylation sites is 1. The Bertz CT molecular complexity index is 543. The van der Waals surface area contributed by atoms with Crippen molar-refractivity contribution in [2.24, 2.45) is 0 Å². The topological polar surface area (TPSA) is 29.9 Å². The van der Waals surface area contributed by atoms with Crippen molar-refractivity contribution in [3.63, 3.8) is 0 Å². The molecule has 1 N–H and O–H groups in total. The summed E-state index contributed by atoms with van der Waals surface area (Å²) in [4.78, 5) is 0. The molecule has 102 valence electrons. The first-order chi connectivity index (χ1) is 9.13. The van der Waals surface area contributed by atoms with Crippen LogP contribution >= 0.6 is 0 Å². The molecule has 0 fully saturated rings. The van der Waals surface area contributed by atoms with Gasteiger partial charge in [0.1, 0.15) is 0 Å². The van der Waals surface area contributed by atoms with Gasteiger partial charge in [-0.15, -0.1) is 0 Å². The lowest BCUT2D eigenvalue weighted by Gasteiger charge is -2.11. The zero-order chi connectivity index (χ0) is 13.8. The molecular formula is C16H23N3. The molecule has 0 saturated heterocycles. The SMILES string of the molecule is CCC(C)NCc1cnn(-c2ccccc2C)c1C. The van der Waals surface area contributed by atoms with Crippen LogP contribution in [0.15, 0.2) is 30.5 Å². The molecule has 3 nitrogen and oxygen atoms in total. The summed E-state index contributed by atoms with van der Waals surface area (Å²) < 4.78 is 2.03. The molecule has 2 rings (SSSR count). The first kappa shape index (κ1) is 13.8. The number of aromatic nitrogens is 2. The second-order valence-corrected chi connectivity index (χ2v) is 5.14. The maximum Gasteiger partial charge on any atom is 0.0677 e. The Labute approximate surface area is 115 Å². The normalized spacial score (nSPS) is 12.6. The Morgan fingerprint density at radius 3 is 2.68 bits per heavy atom. The minimum absolute atomic E-state index is 0.543. The van der Waals surface area contributed by atoms with Crippen molar-refractivity contribution >= 4 is 0 Å². The van der Waals surface area contributed by atoms with Crippen molar-refractivity contribution in [2.75, 3.05) is 0 Å². The molecule has 0 bridgehead atoms. The van der Waals surface area contributed by atoms with Gasteiger partial charge in [-0.2, -0.15) is 5.10 Å². The van der Waals surface area contributed by atoms with Crippen LogP contribution in [0.25, 0.3) is 5.69 Å². The van der Waals surface area contributed by atoms with Gasteiger partial charge in [-0.05, 0) is 38.8 Å². The van der Waals surface area contributed by atoms with E-state index in [0.717, 1.165) is 18.7 Å². The van der Waals surface area contributed by atoms with Crippen molar-refractivity contribution in [1.82, 2.24) is 15.1 Å². The summed E-state index contributed by atoms with van der Waals surface area (Å²) in [5, 5.41) is 8.04. The average molecular weight is 257 g/mol. The summed E-state index contributed by atoms with van der Waals surface area (Å²) >= 11 is 0. The smallest absolute Gasteiger partial charge is 0.0677 e. The molecule has 1 aromatic heterocycles. The van der Waals surface area contributed by atoms with E-state index in [9.17, 15) is 0 Å². The van der Waals surface area contributed by atoms with Gasteiger partial charge >= 0.3 is 0 Å². The lowest BCUT2D eigenvalue weighted by Crippen LogP contribution is -2.24. The van der Waals surface area contributed by atoms with Gasteiger partial charge in [-0.25, -0.2) is 4.68 Å². The lowest BCUT2D eigenvalue weighted by atomic mass is 10.2. The van der Waals surface area contributed by atoms with Crippen molar-refractivity contribution in [2.45, 2.75) is 46.7 Å².